The van der Waals surface area contributed by atoms with Crippen molar-refractivity contribution in [3.8, 4) is 5.82 Å². The summed E-state index contributed by atoms with van der Waals surface area (Å²) in [6.45, 7) is 14.8. The number of fused-ring (bicyclic) bond motifs is 2. The quantitative estimate of drug-likeness (QED) is 0.484. The van der Waals surface area contributed by atoms with Crippen molar-refractivity contribution >= 4 is 19.5 Å². The van der Waals surface area contributed by atoms with Crippen LogP contribution in [0.5, 0.6) is 0 Å². The Labute approximate surface area is 193 Å². The first kappa shape index (κ1) is 22.6. The standard InChI is InChI=1S/C23H31F2N5O2Si/c1-13-8-9-14(2)30(13)20-18-19(26-11-27-20)29(12-28-18)21-17-16(23(17,24)25)15(32-21)10-31-33(6,7)22(3,4)5/h8-9,11-12,15-17,21H,10H2,1-7H3/t15-,16+,17+,21-/m1/s1. The average molecular weight is 476 g/mol. The molecule has 1 saturated carbocycles. The second kappa shape index (κ2) is 7.16. The van der Waals surface area contributed by atoms with Crippen LogP contribution < -0.4 is 0 Å². The van der Waals surface area contributed by atoms with Gasteiger partial charge in [-0.2, -0.15) is 0 Å². The fourth-order valence-corrected chi connectivity index (χ4v) is 5.66. The molecule has 1 aliphatic heterocycles. The summed E-state index contributed by atoms with van der Waals surface area (Å²) in [5.41, 5.74) is 3.07. The lowest BCUT2D eigenvalue weighted by Crippen LogP contribution is -2.43. The minimum atomic E-state index is -2.79. The summed E-state index contributed by atoms with van der Waals surface area (Å²) >= 11 is 0. The smallest absolute Gasteiger partial charge is 0.261 e. The highest BCUT2D eigenvalue weighted by Gasteiger charge is 2.79. The number of nitrogens with zero attached hydrogens (tertiary/aromatic N) is 5. The maximum absolute atomic E-state index is 14.8. The van der Waals surface area contributed by atoms with Crippen molar-refractivity contribution in [3.05, 3.63) is 36.2 Å². The van der Waals surface area contributed by atoms with Crippen molar-refractivity contribution in [3.63, 3.8) is 0 Å². The van der Waals surface area contributed by atoms with Crippen molar-refractivity contribution < 1.29 is 17.9 Å². The second-order valence-corrected chi connectivity index (χ2v) is 15.6. The lowest BCUT2D eigenvalue weighted by molar-refractivity contribution is -0.102. The molecule has 4 heterocycles. The summed E-state index contributed by atoms with van der Waals surface area (Å²) < 4.78 is 45.6. The van der Waals surface area contributed by atoms with Crippen LogP contribution in [0.1, 0.15) is 38.4 Å². The molecule has 33 heavy (non-hydrogen) atoms. The van der Waals surface area contributed by atoms with E-state index in [1.807, 2.05) is 30.5 Å². The Morgan fingerprint density at radius 3 is 2.39 bits per heavy atom. The van der Waals surface area contributed by atoms with Crippen LogP contribution in [0.4, 0.5) is 8.78 Å². The van der Waals surface area contributed by atoms with Crippen molar-refractivity contribution in [1.29, 1.82) is 0 Å². The zero-order valence-electron chi connectivity index (χ0n) is 20.1. The van der Waals surface area contributed by atoms with Crippen molar-refractivity contribution in [2.24, 2.45) is 11.8 Å². The number of alkyl halides is 2. The van der Waals surface area contributed by atoms with E-state index in [1.54, 1.807) is 10.9 Å². The minimum Gasteiger partial charge on any atom is -0.414 e. The summed E-state index contributed by atoms with van der Waals surface area (Å²) in [5.74, 6) is -3.91. The van der Waals surface area contributed by atoms with E-state index in [0.29, 0.717) is 17.0 Å². The molecule has 0 bridgehead atoms. The zero-order valence-corrected chi connectivity index (χ0v) is 21.1. The molecule has 2 aliphatic rings. The third-order valence-electron chi connectivity index (χ3n) is 7.70. The maximum atomic E-state index is 14.8. The van der Waals surface area contributed by atoms with Gasteiger partial charge in [-0.05, 0) is 44.1 Å². The predicted molar refractivity (Wildman–Crippen MR) is 123 cm³/mol. The van der Waals surface area contributed by atoms with Crippen LogP contribution in [0.3, 0.4) is 0 Å². The normalized spacial score (nSPS) is 26.7. The van der Waals surface area contributed by atoms with Gasteiger partial charge in [0.15, 0.2) is 25.3 Å². The van der Waals surface area contributed by atoms with Gasteiger partial charge in [-0.15, -0.1) is 0 Å². The lowest BCUT2D eigenvalue weighted by Gasteiger charge is -2.37. The summed E-state index contributed by atoms with van der Waals surface area (Å²) in [6.07, 6.45) is 1.50. The van der Waals surface area contributed by atoms with Crippen LogP contribution in [-0.2, 0) is 9.16 Å². The molecule has 1 aliphatic carbocycles. The van der Waals surface area contributed by atoms with Gasteiger partial charge in [-0.25, -0.2) is 23.7 Å². The molecule has 3 aromatic rings. The first-order valence-electron chi connectivity index (χ1n) is 11.3. The number of halogens is 2. The third-order valence-corrected chi connectivity index (χ3v) is 12.2. The van der Waals surface area contributed by atoms with E-state index in [9.17, 15) is 8.78 Å². The highest BCUT2D eigenvalue weighted by atomic mass is 28.4. The van der Waals surface area contributed by atoms with Crippen LogP contribution >= 0.6 is 0 Å². The monoisotopic (exact) mass is 475 g/mol. The molecule has 1 saturated heterocycles. The number of aromatic nitrogens is 5. The summed E-state index contributed by atoms with van der Waals surface area (Å²) in [4.78, 5) is 13.3. The second-order valence-electron chi connectivity index (χ2n) is 10.8. The molecule has 0 N–H and O–H groups in total. The maximum Gasteiger partial charge on any atom is 0.261 e. The number of ether oxygens (including phenoxy) is 1. The fraction of sp³-hybridized carbons (Fsp3) is 0.609. The van der Waals surface area contributed by atoms with Gasteiger partial charge in [-0.3, -0.25) is 4.57 Å². The molecule has 0 aromatic carbocycles. The van der Waals surface area contributed by atoms with Gasteiger partial charge in [0.1, 0.15) is 12.6 Å². The molecule has 0 radical (unpaired) electrons. The Kier molecular flexibility index (Phi) is 4.91. The summed E-state index contributed by atoms with van der Waals surface area (Å²) in [6, 6.07) is 4.01. The highest BCUT2D eigenvalue weighted by Crippen LogP contribution is 2.67. The fourth-order valence-electron chi connectivity index (χ4n) is 4.65. The molecule has 0 amide bonds. The predicted octanol–water partition coefficient (Wildman–Crippen LogP) is 5.03. The molecule has 0 unspecified atom stereocenters. The first-order valence-corrected chi connectivity index (χ1v) is 14.3. The summed E-state index contributed by atoms with van der Waals surface area (Å²) in [7, 11) is -2.08. The van der Waals surface area contributed by atoms with Gasteiger partial charge in [0, 0.05) is 11.4 Å². The molecule has 2 fully saturated rings. The Bertz CT molecular complexity index is 1200. The molecule has 3 aromatic heterocycles. The van der Waals surface area contributed by atoms with E-state index in [2.05, 4.69) is 48.8 Å². The largest absolute Gasteiger partial charge is 0.414 e. The third kappa shape index (κ3) is 3.37. The van der Waals surface area contributed by atoms with E-state index in [4.69, 9.17) is 9.16 Å². The Hall–Kier alpha value is -2.17. The highest BCUT2D eigenvalue weighted by molar-refractivity contribution is 6.74. The van der Waals surface area contributed by atoms with Crippen LogP contribution in [-0.4, -0.2) is 51.0 Å². The van der Waals surface area contributed by atoms with Crippen molar-refractivity contribution in [2.75, 3.05) is 6.61 Å². The van der Waals surface area contributed by atoms with Gasteiger partial charge in [0.05, 0.1) is 30.9 Å². The van der Waals surface area contributed by atoms with Crippen LogP contribution in [0.15, 0.2) is 24.8 Å². The SMILES string of the molecule is Cc1ccc(C)n1-c1ncnc2c1ncn2[C@@H]1O[C@H](CO[Si](C)(C)C(C)(C)C)[C@H]2[C@@H]1C2(F)F. The molecular formula is C23H31F2N5O2Si. The molecule has 0 spiro atoms. The van der Waals surface area contributed by atoms with Crippen LogP contribution in [0, 0.1) is 25.7 Å². The minimum absolute atomic E-state index is 0.000919. The molecule has 5 rings (SSSR count). The topological polar surface area (TPSA) is 67.0 Å². The molecule has 4 atom stereocenters. The first-order chi connectivity index (χ1) is 15.3. The van der Waals surface area contributed by atoms with E-state index >= 15 is 0 Å². The molecule has 7 nitrogen and oxygen atoms in total. The number of imidazole rings is 1. The number of hydrogen-bond donors (Lipinski definition) is 0. The van der Waals surface area contributed by atoms with E-state index in [-0.39, 0.29) is 11.6 Å². The molecule has 10 heteroatoms. The van der Waals surface area contributed by atoms with Crippen LogP contribution in [0.2, 0.25) is 18.1 Å². The van der Waals surface area contributed by atoms with Gasteiger partial charge in [0.25, 0.3) is 5.92 Å². The lowest BCUT2D eigenvalue weighted by atomic mass is 10.2. The Balaban J connectivity index is 1.46. The van der Waals surface area contributed by atoms with Gasteiger partial charge in [-0.1, -0.05) is 20.8 Å². The number of rotatable bonds is 5. The average Bonchev–Trinajstić information content (AvgIpc) is 3.14. The van der Waals surface area contributed by atoms with Crippen molar-refractivity contribution in [1.82, 2.24) is 24.1 Å². The number of aryl methyl sites for hydroxylation is 2. The van der Waals surface area contributed by atoms with Gasteiger partial charge in [0.2, 0.25) is 0 Å². The Morgan fingerprint density at radius 2 is 1.76 bits per heavy atom. The van der Waals surface area contributed by atoms with Crippen molar-refractivity contribution in [2.45, 2.75) is 71.0 Å². The molecular weight excluding hydrogens is 444 g/mol. The van der Waals surface area contributed by atoms with Gasteiger partial charge >= 0.3 is 0 Å². The zero-order chi connectivity index (χ0) is 23.9. The molecule has 178 valence electrons. The van der Waals surface area contributed by atoms with Crippen LogP contribution in [0.25, 0.3) is 17.0 Å². The Morgan fingerprint density at radius 1 is 1.09 bits per heavy atom. The summed E-state index contributed by atoms with van der Waals surface area (Å²) in [5, 5.41) is -0.000919. The van der Waals surface area contributed by atoms with Gasteiger partial charge < -0.3 is 13.7 Å². The van der Waals surface area contributed by atoms with E-state index in [1.165, 1.54) is 6.33 Å². The number of hydrogen-bond acceptors (Lipinski definition) is 5. The van der Waals surface area contributed by atoms with E-state index in [0.717, 1.165) is 11.4 Å². The van der Waals surface area contributed by atoms with E-state index < -0.39 is 38.4 Å².